The second kappa shape index (κ2) is 11.9. The van der Waals surface area contributed by atoms with Gasteiger partial charge in [-0.1, -0.05) is 97.9 Å². The molecule has 5 heteroatoms. The second-order valence-electron chi connectivity index (χ2n) is 11.0. The minimum Gasteiger partial charge on any atom is -0.302 e. The highest BCUT2D eigenvalue weighted by molar-refractivity contribution is 7.20. The summed E-state index contributed by atoms with van der Waals surface area (Å²) in [6.07, 6.45) is 6.35. The van der Waals surface area contributed by atoms with Crippen molar-refractivity contribution in [2.45, 2.75) is 25.9 Å². The molecule has 0 saturated carbocycles. The Morgan fingerprint density at radius 1 is 0.558 bits per heavy atom. The topological polar surface area (TPSA) is 50.7 Å². The SMILES string of the molecule is CC1C=CC(C)C(c2cccc(-c3sc(-c4cccc(-c5ccccn5)n4)c(-c4ccccc4)c3-c3ccccc3)n2)N1. The third-order valence-corrected chi connectivity index (χ3v) is 9.17. The maximum Gasteiger partial charge on any atom is 0.0894 e. The largest absolute Gasteiger partial charge is 0.302 e. The molecule has 3 unspecified atom stereocenters. The van der Waals surface area contributed by atoms with Gasteiger partial charge in [0.05, 0.1) is 44.3 Å². The molecule has 3 atom stereocenters. The number of rotatable bonds is 6. The first-order chi connectivity index (χ1) is 21.2. The lowest BCUT2D eigenvalue weighted by Gasteiger charge is -2.29. The summed E-state index contributed by atoms with van der Waals surface area (Å²) in [6, 6.07) is 40.4. The van der Waals surface area contributed by atoms with Crippen LogP contribution in [0.25, 0.3) is 54.8 Å². The Morgan fingerprint density at radius 2 is 1.14 bits per heavy atom. The molecular formula is C38H32N4S. The molecule has 210 valence electrons. The van der Waals surface area contributed by atoms with E-state index >= 15 is 0 Å². The highest BCUT2D eigenvalue weighted by Gasteiger charge is 2.27. The molecule has 1 N–H and O–H groups in total. The zero-order chi connectivity index (χ0) is 29.2. The molecule has 6 aromatic rings. The van der Waals surface area contributed by atoms with Crippen LogP contribution in [-0.2, 0) is 0 Å². The van der Waals surface area contributed by atoms with E-state index in [9.17, 15) is 0 Å². The molecule has 7 rings (SSSR count). The van der Waals surface area contributed by atoms with Gasteiger partial charge in [0.15, 0.2) is 0 Å². The van der Waals surface area contributed by atoms with Crippen molar-refractivity contribution in [3.05, 3.63) is 139 Å². The van der Waals surface area contributed by atoms with Crippen LogP contribution < -0.4 is 5.32 Å². The molecule has 1 aliphatic heterocycles. The van der Waals surface area contributed by atoms with Gasteiger partial charge in [-0.15, -0.1) is 11.3 Å². The maximum absolute atomic E-state index is 5.33. The van der Waals surface area contributed by atoms with Gasteiger partial charge in [-0.3, -0.25) is 9.97 Å². The Kier molecular flexibility index (Phi) is 7.50. The first-order valence-corrected chi connectivity index (χ1v) is 15.6. The van der Waals surface area contributed by atoms with E-state index in [-0.39, 0.29) is 6.04 Å². The van der Waals surface area contributed by atoms with E-state index in [4.69, 9.17) is 9.97 Å². The average molecular weight is 577 g/mol. The van der Waals surface area contributed by atoms with Crippen LogP contribution >= 0.6 is 11.3 Å². The van der Waals surface area contributed by atoms with Crippen molar-refractivity contribution in [1.29, 1.82) is 0 Å². The van der Waals surface area contributed by atoms with Crippen LogP contribution in [0.15, 0.2) is 134 Å². The smallest absolute Gasteiger partial charge is 0.0894 e. The van der Waals surface area contributed by atoms with Crippen molar-refractivity contribution >= 4 is 11.3 Å². The number of hydrogen-bond acceptors (Lipinski definition) is 5. The third-order valence-electron chi connectivity index (χ3n) is 7.94. The van der Waals surface area contributed by atoms with E-state index in [2.05, 4.69) is 127 Å². The maximum atomic E-state index is 5.33. The molecule has 0 radical (unpaired) electrons. The molecule has 5 heterocycles. The molecule has 0 aliphatic carbocycles. The van der Waals surface area contributed by atoms with Crippen molar-refractivity contribution in [1.82, 2.24) is 20.3 Å². The van der Waals surface area contributed by atoms with Gasteiger partial charge in [-0.25, -0.2) is 4.98 Å². The Balaban J connectivity index is 1.47. The highest BCUT2D eigenvalue weighted by Crippen LogP contribution is 2.51. The van der Waals surface area contributed by atoms with Crippen LogP contribution in [0.5, 0.6) is 0 Å². The Labute approximate surface area is 256 Å². The summed E-state index contributed by atoms with van der Waals surface area (Å²) in [5.41, 5.74) is 9.34. The molecule has 0 bridgehead atoms. The fourth-order valence-electron chi connectivity index (χ4n) is 5.82. The van der Waals surface area contributed by atoms with Gasteiger partial charge < -0.3 is 5.32 Å². The van der Waals surface area contributed by atoms with Crippen LogP contribution in [0, 0.1) is 5.92 Å². The van der Waals surface area contributed by atoms with Crippen LogP contribution in [0.1, 0.15) is 25.6 Å². The Hall–Kier alpha value is -4.71. The van der Waals surface area contributed by atoms with Crippen LogP contribution in [0.3, 0.4) is 0 Å². The van der Waals surface area contributed by atoms with Crippen molar-refractivity contribution in [2.24, 2.45) is 5.92 Å². The number of aromatic nitrogens is 3. The molecule has 0 fully saturated rings. The van der Waals surface area contributed by atoms with E-state index in [1.807, 2.05) is 30.5 Å². The van der Waals surface area contributed by atoms with Gasteiger partial charge in [-0.2, -0.15) is 0 Å². The second-order valence-corrected chi connectivity index (χ2v) is 12.0. The minimum absolute atomic E-state index is 0.157. The summed E-state index contributed by atoms with van der Waals surface area (Å²) in [5, 5.41) is 3.74. The number of nitrogens with zero attached hydrogens (tertiary/aromatic N) is 3. The van der Waals surface area contributed by atoms with Gasteiger partial charge in [0.1, 0.15) is 0 Å². The quantitative estimate of drug-likeness (QED) is 0.201. The zero-order valence-electron chi connectivity index (χ0n) is 24.2. The van der Waals surface area contributed by atoms with Crippen molar-refractivity contribution < 1.29 is 0 Å². The number of nitrogens with one attached hydrogen (secondary N) is 1. The predicted octanol–water partition coefficient (Wildman–Crippen LogP) is 9.49. The molecule has 0 spiro atoms. The van der Waals surface area contributed by atoms with Crippen LogP contribution in [0.2, 0.25) is 0 Å². The monoisotopic (exact) mass is 576 g/mol. The lowest BCUT2D eigenvalue weighted by molar-refractivity contribution is 0.394. The average Bonchev–Trinajstić information content (AvgIpc) is 3.48. The van der Waals surface area contributed by atoms with E-state index < -0.39 is 0 Å². The van der Waals surface area contributed by atoms with Crippen molar-refractivity contribution in [3.63, 3.8) is 0 Å². The van der Waals surface area contributed by atoms with E-state index in [1.165, 1.54) is 11.1 Å². The lowest BCUT2D eigenvalue weighted by Crippen LogP contribution is -2.36. The zero-order valence-corrected chi connectivity index (χ0v) is 25.0. The molecule has 43 heavy (non-hydrogen) atoms. The molecule has 2 aromatic carbocycles. The van der Waals surface area contributed by atoms with Crippen molar-refractivity contribution in [2.75, 3.05) is 0 Å². The molecular weight excluding hydrogens is 545 g/mol. The first-order valence-electron chi connectivity index (χ1n) is 14.7. The molecule has 0 amide bonds. The predicted molar refractivity (Wildman–Crippen MR) is 179 cm³/mol. The van der Waals surface area contributed by atoms with Gasteiger partial charge in [0, 0.05) is 23.4 Å². The first kappa shape index (κ1) is 27.1. The molecule has 4 nitrogen and oxygen atoms in total. The molecule has 0 saturated heterocycles. The summed E-state index contributed by atoms with van der Waals surface area (Å²) in [5.74, 6) is 0.352. The summed E-state index contributed by atoms with van der Waals surface area (Å²) in [6.45, 7) is 4.44. The van der Waals surface area contributed by atoms with Gasteiger partial charge in [0.25, 0.3) is 0 Å². The number of hydrogen-bond donors (Lipinski definition) is 1. The summed E-state index contributed by atoms with van der Waals surface area (Å²) >= 11 is 1.76. The van der Waals surface area contributed by atoms with Crippen LogP contribution in [-0.4, -0.2) is 21.0 Å². The van der Waals surface area contributed by atoms with Crippen molar-refractivity contribution in [3.8, 4) is 54.8 Å². The normalized spacial score (nSPS) is 18.0. The summed E-state index contributed by atoms with van der Waals surface area (Å²) in [4.78, 5) is 17.3. The fourth-order valence-corrected chi connectivity index (χ4v) is 7.10. The van der Waals surface area contributed by atoms with Gasteiger partial charge in [-0.05, 0) is 60.4 Å². The minimum atomic E-state index is 0.157. The van der Waals surface area contributed by atoms with Gasteiger partial charge in [0.2, 0.25) is 0 Å². The number of thiophene rings is 1. The Morgan fingerprint density at radius 3 is 1.79 bits per heavy atom. The lowest BCUT2D eigenvalue weighted by atomic mass is 9.92. The standard InChI is InChI=1S/C38H32N4S/c1-25-22-23-26(2)40-36(25)31-19-12-21-33(42-31)38-35(28-15-7-4-8-16-28)34(27-13-5-3-6-14-27)37(43-38)32-20-11-18-30(41-32)29-17-9-10-24-39-29/h3-26,36,40H,1-2H3. The highest BCUT2D eigenvalue weighted by atomic mass is 32.1. The van der Waals surface area contributed by atoms with E-state index in [0.29, 0.717) is 12.0 Å². The third kappa shape index (κ3) is 5.45. The van der Waals surface area contributed by atoms with E-state index in [1.54, 1.807) is 11.3 Å². The summed E-state index contributed by atoms with van der Waals surface area (Å²) < 4.78 is 0. The fraction of sp³-hybridized carbons (Fsp3) is 0.132. The summed E-state index contributed by atoms with van der Waals surface area (Å²) in [7, 11) is 0. The van der Waals surface area contributed by atoms with Crippen LogP contribution in [0.4, 0.5) is 0 Å². The Bertz CT molecular complexity index is 1880. The molecule has 4 aromatic heterocycles. The number of pyridine rings is 3. The molecule has 1 aliphatic rings. The van der Waals surface area contributed by atoms with E-state index in [0.717, 1.165) is 49.4 Å². The number of benzene rings is 2. The van der Waals surface area contributed by atoms with Gasteiger partial charge >= 0.3 is 0 Å².